The minimum absolute atomic E-state index is 0.0110. The zero-order valence-corrected chi connectivity index (χ0v) is 9.55. The summed E-state index contributed by atoms with van der Waals surface area (Å²) in [4.78, 5) is 11.6. The third-order valence-corrected chi connectivity index (χ3v) is 4.36. The zero-order chi connectivity index (χ0) is 10.6. The maximum Gasteiger partial charge on any atom is 0.310 e. The zero-order valence-electron chi connectivity index (χ0n) is 7.97. The number of allylic oxidation sites excluding steroid dienone is 1. The predicted octanol–water partition coefficient (Wildman–Crippen LogP) is 1.23. The Balaban J connectivity index is 2.03. The van der Waals surface area contributed by atoms with E-state index in [0.29, 0.717) is 6.61 Å². The molecule has 0 radical (unpaired) electrons. The number of halogens is 1. The average molecular weight is 271 g/mol. The van der Waals surface area contributed by atoms with Crippen LogP contribution in [0.5, 0.6) is 0 Å². The molecule has 0 spiro atoms. The highest BCUT2D eigenvalue weighted by Gasteiger charge is 2.50. The van der Waals surface area contributed by atoms with Gasteiger partial charge in [0.25, 0.3) is 0 Å². The number of carbonyl (C=O) groups is 1. The van der Waals surface area contributed by atoms with Crippen LogP contribution < -0.4 is 0 Å². The van der Waals surface area contributed by atoms with Crippen LogP contribution in [-0.2, 0) is 9.53 Å². The second-order valence-corrected chi connectivity index (χ2v) is 5.27. The van der Waals surface area contributed by atoms with Crippen molar-refractivity contribution in [2.45, 2.75) is 6.10 Å². The van der Waals surface area contributed by atoms with E-state index in [1.54, 1.807) is 6.08 Å². The maximum atomic E-state index is 11.6. The molecule has 1 unspecified atom stereocenters. The van der Waals surface area contributed by atoms with Crippen molar-refractivity contribution in [1.29, 1.82) is 0 Å². The summed E-state index contributed by atoms with van der Waals surface area (Å²) in [6.07, 6.45) is 5.27. The smallest absolute Gasteiger partial charge is 0.310 e. The van der Waals surface area contributed by atoms with Gasteiger partial charge in [-0.3, -0.25) is 4.79 Å². The number of cyclic esters (lactones) is 1. The molecule has 0 aromatic heterocycles. The number of aliphatic hydroxyl groups excluding tert-OH is 1. The van der Waals surface area contributed by atoms with Gasteiger partial charge in [-0.25, -0.2) is 0 Å². The molecule has 1 N–H and O–H groups in total. The number of hydrogen-bond donors (Lipinski definition) is 1. The molecule has 0 amide bonds. The molecule has 0 aromatic carbocycles. The van der Waals surface area contributed by atoms with Crippen molar-refractivity contribution in [1.82, 2.24) is 0 Å². The van der Waals surface area contributed by atoms with Crippen LogP contribution in [0.3, 0.4) is 0 Å². The lowest BCUT2D eigenvalue weighted by Gasteiger charge is -2.31. The second kappa shape index (κ2) is 3.19. The van der Waals surface area contributed by atoms with Crippen molar-refractivity contribution in [3.8, 4) is 0 Å². The topological polar surface area (TPSA) is 46.5 Å². The monoisotopic (exact) mass is 270 g/mol. The lowest BCUT2D eigenvalue weighted by molar-refractivity contribution is -0.142. The Bertz CT molecular complexity index is 374. The Morgan fingerprint density at radius 2 is 2.20 bits per heavy atom. The molecule has 0 aromatic rings. The molecule has 15 heavy (non-hydrogen) atoms. The van der Waals surface area contributed by atoms with Crippen LogP contribution in [0.15, 0.2) is 22.7 Å². The van der Waals surface area contributed by atoms with E-state index >= 15 is 0 Å². The number of aliphatic hydroxyl groups is 1. The van der Waals surface area contributed by atoms with Gasteiger partial charge in [0.15, 0.2) is 0 Å². The quantitative estimate of drug-likeness (QED) is 0.532. The molecule has 3 aliphatic rings. The van der Waals surface area contributed by atoms with E-state index in [9.17, 15) is 9.90 Å². The Morgan fingerprint density at radius 3 is 3.00 bits per heavy atom. The molecule has 5 atom stereocenters. The van der Waals surface area contributed by atoms with Gasteiger partial charge >= 0.3 is 5.97 Å². The lowest BCUT2D eigenvalue weighted by Crippen LogP contribution is -2.35. The first kappa shape index (κ1) is 9.60. The van der Waals surface area contributed by atoms with Crippen LogP contribution in [-0.4, -0.2) is 23.8 Å². The van der Waals surface area contributed by atoms with Gasteiger partial charge in [-0.05, 0) is 4.48 Å². The van der Waals surface area contributed by atoms with Crippen LogP contribution in [0.1, 0.15) is 0 Å². The Morgan fingerprint density at radius 1 is 1.40 bits per heavy atom. The van der Waals surface area contributed by atoms with Gasteiger partial charge in [-0.2, -0.15) is 0 Å². The lowest BCUT2D eigenvalue weighted by atomic mass is 9.73. The number of fused-ring (bicyclic) bond motifs is 3. The van der Waals surface area contributed by atoms with Crippen molar-refractivity contribution in [2.75, 3.05) is 6.61 Å². The Kier molecular flexibility index (Phi) is 2.04. The SMILES string of the molecule is O=C1OC[C@H]2C=C(Br)[C@H]3C(O)C=C[C@@H]3[C@@H]12. The summed E-state index contributed by atoms with van der Waals surface area (Å²) < 4.78 is 6.08. The standard InChI is InChI=1S/C11H11BrO3/c12-7-3-5-4-15-11(14)9(5)6-1-2-8(13)10(6)7/h1-3,5-6,8-10,13H,4H2/t5-,6-,8?,9+,10+/m1/s1. The van der Waals surface area contributed by atoms with Crippen LogP contribution in [0, 0.1) is 23.7 Å². The van der Waals surface area contributed by atoms with Crippen molar-refractivity contribution in [2.24, 2.45) is 23.7 Å². The Hall–Kier alpha value is -0.610. The molecule has 1 saturated heterocycles. The minimum Gasteiger partial charge on any atom is -0.465 e. The van der Waals surface area contributed by atoms with E-state index in [2.05, 4.69) is 15.9 Å². The molecular formula is C11H11BrO3. The summed E-state index contributed by atoms with van der Waals surface area (Å²) in [5.41, 5.74) is 0. The highest BCUT2D eigenvalue weighted by molar-refractivity contribution is 9.11. The molecule has 1 fully saturated rings. The van der Waals surface area contributed by atoms with Crippen molar-refractivity contribution >= 4 is 21.9 Å². The fraction of sp³-hybridized carbons (Fsp3) is 0.545. The van der Waals surface area contributed by atoms with E-state index in [1.165, 1.54) is 0 Å². The third kappa shape index (κ3) is 1.24. The predicted molar refractivity (Wildman–Crippen MR) is 57.1 cm³/mol. The van der Waals surface area contributed by atoms with Crippen LogP contribution in [0.2, 0.25) is 0 Å². The molecule has 4 heteroatoms. The molecule has 1 heterocycles. The van der Waals surface area contributed by atoms with Gasteiger partial charge < -0.3 is 9.84 Å². The van der Waals surface area contributed by atoms with Crippen molar-refractivity contribution in [3.63, 3.8) is 0 Å². The molecular weight excluding hydrogens is 260 g/mol. The second-order valence-electron chi connectivity index (χ2n) is 4.35. The molecule has 2 aliphatic carbocycles. The molecule has 80 valence electrons. The van der Waals surface area contributed by atoms with Crippen LogP contribution in [0.4, 0.5) is 0 Å². The van der Waals surface area contributed by atoms with Gasteiger partial charge in [0.05, 0.1) is 18.6 Å². The maximum absolute atomic E-state index is 11.6. The van der Waals surface area contributed by atoms with E-state index in [1.807, 2.05) is 12.2 Å². The first-order chi connectivity index (χ1) is 7.18. The largest absolute Gasteiger partial charge is 0.465 e. The number of carbonyl (C=O) groups excluding carboxylic acids is 1. The van der Waals surface area contributed by atoms with Gasteiger partial charge in [0, 0.05) is 17.8 Å². The van der Waals surface area contributed by atoms with E-state index in [0.717, 1.165) is 4.48 Å². The highest BCUT2D eigenvalue weighted by atomic mass is 79.9. The van der Waals surface area contributed by atoms with Gasteiger partial charge in [-0.1, -0.05) is 34.2 Å². The summed E-state index contributed by atoms with van der Waals surface area (Å²) in [5, 5.41) is 9.79. The fourth-order valence-corrected chi connectivity index (χ4v) is 3.78. The fourth-order valence-electron chi connectivity index (χ4n) is 2.86. The molecule has 0 bridgehead atoms. The third-order valence-electron chi connectivity index (χ3n) is 3.57. The summed E-state index contributed by atoms with van der Waals surface area (Å²) >= 11 is 3.49. The van der Waals surface area contributed by atoms with Crippen molar-refractivity contribution < 1.29 is 14.6 Å². The summed E-state index contributed by atoms with van der Waals surface area (Å²) in [5.74, 6) is 0.0639. The Labute approximate surface area is 95.9 Å². The molecule has 0 saturated carbocycles. The average Bonchev–Trinajstić information content (AvgIpc) is 2.72. The van der Waals surface area contributed by atoms with Gasteiger partial charge in [0.1, 0.15) is 0 Å². The normalized spacial score (nSPS) is 47.2. The van der Waals surface area contributed by atoms with E-state index in [4.69, 9.17) is 4.74 Å². The molecule has 3 nitrogen and oxygen atoms in total. The van der Waals surface area contributed by atoms with Crippen LogP contribution in [0.25, 0.3) is 0 Å². The van der Waals surface area contributed by atoms with Crippen LogP contribution >= 0.6 is 15.9 Å². The van der Waals surface area contributed by atoms with E-state index in [-0.39, 0.29) is 29.6 Å². The van der Waals surface area contributed by atoms with E-state index < -0.39 is 6.10 Å². The number of ether oxygens (including phenoxy) is 1. The van der Waals surface area contributed by atoms with Gasteiger partial charge in [0.2, 0.25) is 0 Å². The number of hydrogen-bond acceptors (Lipinski definition) is 3. The minimum atomic E-state index is -0.477. The van der Waals surface area contributed by atoms with Gasteiger partial charge in [-0.15, -0.1) is 0 Å². The first-order valence-electron chi connectivity index (χ1n) is 5.09. The summed E-state index contributed by atoms with van der Waals surface area (Å²) in [7, 11) is 0. The number of rotatable bonds is 0. The molecule has 3 rings (SSSR count). The number of esters is 1. The summed E-state index contributed by atoms with van der Waals surface area (Å²) in [6.45, 7) is 0.478. The van der Waals surface area contributed by atoms with Crippen molar-refractivity contribution in [3.05, 3.63) is 22.7 Å². The first-order valence-corrected chi connectivity index (χ1v) is 5.88. The highest BCUT2D eigenvalue weighted by Crippen LogP contribution is 2.48. The summed E-state index contributed by atoms with van der Waals surface area (Å²) in [6, 6.07) is 0. The molecule has 1 aliphatic heterocycles.